The van der Waals surface area contributed by atoms with Crippen LogP contribution in [-0.4, -0.2) is 52.7 Å². The molecular formula is C25H25ClN4O2. The molecule has 1 aliphatic rings. The Morgan fingerprint density at radius 3 is 2.62 bits per heavy atom. The molecule has 164 valence electrons. The van der Waals surface area contributed by atoms with E-state index in [9.17, 15) is 9.59 Å². The average molecular weight is 449 g/mol. The third-order valence-corrected chi connectivity index (χ3v) is 6.06. The first-order valence-corrected chi connectivity index (χ1v) is 11.1. The number of aromatic nitrogens is 2. The summed E-state index contributed by atoms with van der Waals surface area (Å²) in [5.74, 6) is 0.686. The van der Waals surface area contributed by atoms with Crippen molar-refractivity contribution in [2.75, 3.05) is 31.1 Å². The topological polar surface area (TPSA) is 66.4 Å². The first-order valence-electron chi connectivity index (χ1n) is 10.7. The maximum atomic E-state index is 12.9. The summed E-state index contributed by atoms with van der Waals surface area (Å²) in [6.07, 6.45) is 2.80. The highest BCUT2D eigenvalue weighted by molar-refractivity contribution is 6.31. The molecule has 0 N–H and O–H groups in total. The molecule has 4 rings (SSSR count). The third-order valence-electron chi connectivity index (χ3n) is 5.69. The first-order chi connectivity index (χ1) is 15.5. The van der Waals surface area contributed by atoms with Gasteiger partial charge in [-0.05, 0) is 49.2 Å². The molecule has 0 atom stereocenters. The van der Waals surface area contributed by atoms with Crippen LogP contribution in [0.1, 0.15) is 33.7 Å². The fourth-order valence-electron chi connectivity index (χ4n) is 3.90. The zero-order valence-corrected chi connectivity index (χ0v) is 18.8. The van der Waals surface area contributed by atoms with Crippen LogP contribution in [0.5, 0.6) is 0 Å². The molecule has 1 aliphatic heterocycles. The number of hydrogen-bond acceptors (Lipinski definition) is 5. The van der Waals surface area contributed by atoms with Gasteiger partial charge < -0.3 is 9.80 Å². The fourth-order valence-corrected chi connectivity index (χ4v) is 4.10. The number of benzene rings is 1. The van der Waals surface area contributed by atoms with Crippen LogP contribution < -0.4 is 4.90 Å². The average Bonchev–Trinajstić information content (AvgIpc) is 3.07. The molecule has 0 unspecified atom stereocenters. The minimum atomic E-state index is -0.135. The van der Waals surface area contributed by atoms with E-state index in [2.05, 4.69) is 14.9 Å². The predicted molar refractivity (Wildman–Crippen MR) is 125 cm³/mol. The maximum absolute atomic E-state index is 12.9. The number of aryl methyl sites for hydroxylation is 1. The van der Waals surface area contributed by atoms with Crippen LogP contribution in [0.25, 0.3) is 0 Å². The summed E-state index contributed by atoms with van der Waals surface area (Å²) in [4.78, 5) is 38.6. The second-order valence-corrected chi connectivity index (χ2v) is 8.24. The van der Waals surface area contributed by atoms with E-state index in [4.69, 9.17) is 11.6 Å². The Labute approximate surface area is 192 Å². The van der Waals surface area contributed by atoms with Crippen LogP contribution in [0, 0.1) is 6.92 Å². The molecule has 1 saturated heterocycles. The third kappa shape index (κ3) is 4.97. The van der Waals surface area contributed by atoms with E-state index < -0.39 is 0 Å². The van der Waals surface area contributed by atoms with Gasteiger partial charge in [-0.1, -0.05) is 35.9 Å². The lowest BCUT2D eigenvalue weighted by Crippen LogP contribution is -2.36. The lowest BCUT2D eigenvalue weighted by Gasteiger charge is -2.23. The molecule has 6 nitrogen and oxygen atoms in total. The Bertz CT molecular complexity index is 1130. The van der Waals surface area contributed by atoms with Gasteiger partial charge in [0, 0.05) is 48.7 Å². The molecule has 0 aliphatic carbocycles. The molecule has 7 heteroatoms. The van der Waals surface area contributed by atoms with Gasteiger partial charge in [-0.3, -0.25) is 14.6 Å². The van der Waals surface area contributed by atoms with Crippen molar-refractivity contribution in [1.82, 2.24) is 14.9 Å². The Balaban J connectivity index is 1.44. The van der Waals surface area contributed by atoms with Crippen LogP contribution in [0.4, 0.5) is 5.82 Å². The standard InChI is InChI=1S/C25H25ClN4O2/c1-18-20(8-5-12-27-18)25(32)22-10-4-11-23(28-22)29-13-6-14-30(16-15-29)24(31)17-19-7-2-3-9-21(19)26/h2-5,7-12H,6,13-17H2,1H3. The van der Waals surface area contributed by atoms with Gasteiger partial charge in [0.05, 0.1) is 6.42 Å². The van der Waals surface area contributed by atoms with E-state index in [1.54, 1.807) is 30.5 Å². The van der Waals surface area contributed by atoms with Gasteiger partial charge in [0.15, 0.2) is 0 Å². The Morgan fingerprint density at radius 1 is 0.969 bits per heavy atom. The van der Waals surface area contributed by atoms with Gasteiger partial charge in [0.1, 0.15) is 11.5 Å². The SMILES string of the molecule is Cc1ncccc1C(=O)c1cccc(N2CCCN(C(=O)Cc3ccccc3Cl)CC2)n1. The van der Waals surface area contributed by atoms with Crippen molar-refractivity contribution in [2.45, 2.75) is 19.8 Å². The van der Waals surface area contributed by atoms with Crippen molar-refractivity contribution in [1.29, 1.82) is 0 Å². The number of halogens is 1. The van der Waals surface area contributed by atoms with E-state index in [1.807, 2.05) is 42.2 Å². The van der Waals surface area contributed by atoms with Crippen molar-refractivity contribution in [3.8, 4) is 0 Å². The van der Waals surface area contributed by atoms with Crippen molar-refractivity contribution in [3.63, 3.8) is 0 Å². The number of pyridine rings is 2. The summed E-state index contributed by atoms with van der Waals surface area (Å²) in [5, 5.41) is 0.617. The minimum Gasteiger partial charge on any atom is -0.355 e. The highest BCUT2D eigenvalue weighted by Crippen LogP contribution is 2.19. The second-order valence-electron chi connectivity index (χ2n) is 7.84. The van der Waals surface area contributed by atoms with E-state index in [-0.39, 0.29) is 11.7 Å². The van der Waals surface area contributed by atoms with E-state index in [0.717, 1.165) is 24.3 Å². The summed E-state index contributed by atoms with van der Waals surface area (Å²) >= 11 is 6.22. The lowest BCUT2D eigenvalue weighted by molar-refractivity contribution is -0.130. The maximum Gasteiger partial charge on any atom is 0.227 e. The number of hydrogen-bond donors (Lipinski definition) is 0. The van der Waals surface area contributed by atoms with E-state index >= 15 is 0 Å². The summed E-state index contributed by atoms with van der Waals surface area (Å²) < 4.78 is 0. The molecule has 32 heavy (non-hydrogen) atoms. The van der Waals surface area contributed by atoms with Crippen molar-refractivity contribution in [3.05, 3.63) is 88.3 Å². The van der Waals surface area contributed by atoms with Crippen LogP contribution >= 0.6 is 11.6 Å². The summed E-state index contributed by atoms with van der Waals surface area (Å²) in [6.45, 7) is 4.54. The number of anilines is 1. The molecule has 0 saturated carbocycles. The largest absolute Gasteiger partial charge is 0.355 e. The van der Waals surface area contributed by atoms with Gasteiger partial charge in [-0.25, -0.2) is 4.98 Å². The number of carbonyl (C=O) groups excluding carboxylic acids is 2. The second kappa shape index (κ2) is 9.92. The van der Waals surface area contributed by atoms with Crippen LogP contribution in [0.15, 0.2) is 60.8 Å². The Morgan fingerprint density at radius 2 is 1.81 bits per heavy atom. The van der Waals surface area contributed by atoms with Crippen molar-refractivity contribution >= 4 is 29.1 Å². The molecule has 1 fully saturated rings. The van der Waals surface area contributed by atoms with Crippen LogP contribution in [-0.2, 0) is 11.2 Å². The van der Waals surface area contributed by atoms with Crippen LogP contribution in [0.3, 0.4) is 0 Å². The molecular weight excluding hydrogens is 424 g/mol. The molecule has 3 heterocycles. The molecule has 3 aromatic rings. The predicted octanol–water partition coefficient (Wildman–Crippen LogP) is 3.95. The smallest absolute Gasteiger partial charge is 0.227 e. The minimum absolute atomic E-state index is 0.0730. The van der Waals surface area contributed by atoms with Gasteiger partial charge in [0.25, 0.3) is 0 Å². The number of carbonyl (C=O) groups is 2. The Hall–Kier alpha value is -3.25. The molecule has 1 amide bonds. The first kappa shape index (κ1) is 22.0. The Kier molecular flexibility index (Phi) is 6.81. The molecule has 0 bridgehead atoms. The molecule has 0 spiro atoms. The molecule has 0 radical (unpaired) electrons. The quantitative estimate of drug-likeness (QED) is 0.553. The monoisotopic (exact) mass is 448 g/mol. The fraction of sp³-hybridized carbons (Fsp3) is 0.280. The zero-order valence-electron chi connectivity index (χ0n) is 18.0. The van der Waals surface area contributed by atoms with E-state index in [1.165, 1.54) is 0 Å². The summed E-state index contributed by atoms with van der Waals surface area (Å²) in [7, 11) is 0. The van der Waals surface area contributed by atoms with Crippen LogP contribution in [0.2, 0.25) is 5.02 Å². The zero-order chi connectivity index (χ0) is 22.5. The van der Waals surface area contributed by atoms with Crippen molar-refractivity contribution < 1.29 is 9.59 Å². The highest BCUT2D eigenvalue weighted by atomic mass is 35.5. The lowest BCUT2D eigenvalue weighted by atomic mass is 10.1. The van der Waals surface area contributed by atoms with Gasteiger partial charge in [-0.2, -0.15) is 0 Å². The van der Waals surface area contributed by atoms with Gasteiger partial charge >= 0.3 is 0 Å². The van der Waals surface area contributed by atoms with E-state index in [0.29, 0.717) is 48.0 Å². The normalized spacial score (nSPS) is 14.2. The number of amides is 1. The summed E-state index contributed by atoms with van der Waals surface area (Å²) in [5.41, 5.74) is 2.49. The number of rotatable bonds is 5. The molecule has 1 aromatic carbocycles. The van der Waals surface area contributed by atoms with Gasteiger partial charge in [-0.15, -0.1) is 0 Å². The number of nitrogens with zero attached hydrogens (tertiary/aromatic N) is 4. The summed E-state index contributed by atoms with van der Waals surface area (Å²) in [6, 6.07) is 16.5. The highest BCUT2D eigenvalue weighted by Gasteiger charge is 2.22. The van der Waals surface area contributed by atoms with Gasteiger partial charge in [0.2, 0.25) is 11.7 Å². The molecule has 2 aromatic heterocycles. The number of ketones is 1. The van der Waals surface area contributed by atoms with Crippen molar-refractivity contribution in [2.24, 2.45) is 0 Å².